The topological polar surface area (TPSA) is 59.5 Å². The van der Waals surface area contributed by atoms with Crippen LogP contribution in [0.15, 0.2) is 4.99 Å². The van der Waals surface area contributed by atoms with E-state index >= 15 is 0 Å². The third-order valence-electron chi connectivity index (χ3n) is 4.89. The van der Waals surface area contributed by atoms with Gasteiger partial charge in [-0.3, -0.25) is 24.5 Å². The van der Waals surface area contributed by atoms with Crippen molar-refractivity contribution in [3.05, 3.63) is 0 Å². The molecule has 0 N–H and O–H groups in total. The van der Waals surface area contributed by atoms with Gasteiger partial charge in [-0.05, 0) is 33.0 Å². The second kappa shape index (κ2) is 5.38. The summed E-state index contributed by atoms with van der Waals surface area (Å²) < 4.78 is 0. The van der Waals surface area contributed by atoms with Gasteiger partial charge in [0.15, 0.2) is 0 Å². The van der Waals surface area contributed by atoms with E-state index in [1.54, 1.807) is 14.1 Å². The molecule has 0 bridgehead atoms. The summed E-state index contributed by atoms with van der Waals surface area (Å²) in [6.45, 7) is 3.45. The summed E-state index contributed by atoms with van der Waals surface area (Å²) in [7, 11) is 5.39. The lowest BCUT2D eigenvalue weighted by atomic mass is 9.97. The predicted octanol–water partition coefficient (Wildman–Crippen LogP) is -0.108. The molecule has 2 saturated heterocycles. The number of imide groups is 1. The standard InChI is InChI=1S/C14H23N5O2/c1-16-6-4-10(5-7-16)19-8-11-12(15-9-19)17(2)14(21)18(3)13(11)20/h10-11H,4-9H2,1-3H3. The van der Waals surface area contributed by atoms with Crippen molar-refractivity contribution in [1.29, 1.82) is 0 Å². The Labute approximate surface area is 125 Å². The number of hydrogen-bond donors (Lipinski definition) is 0. The minimum absolute atomic E-state index is 0.130. The minimum atomic E-state index is -0.300. The summed E-state index contributed by atoms with van der Waals surface area (Å²) in [6, 6.07) is 0.204. The molecule has 7 heteroatoms. The number of aliphatic imine (C=N–C) groups is 1. The van der Waals surface area contributed by atoms with Gasteiger partial charge < -0.3 is 4.90 Å². The van der Waals surface area contributed by atoms with Gasteiger partial charge in [0, 0.05) is 26.7 Å². The van der Waals surface area contributed by atoms with Crippen LogP contribution in [0.4, 0.5) is 4.79 Å². The Morgan fingerprint density at radius 1 is 1.05 bits per heavy atom. The maximum Gasteiger partial charge on any atom is 0.331 e. The van der Waals surface area contributed by atoms with Crippen LogP contribution in [-0.2, 0) is 4.79 Å². The number of carbonyl (C=O) groups excluding carboxylic acids is 2. The van der Waals surface area contributed by atoms with Crippen molar-refractivity contribution in [2.45, 2.75) is 18.9 Å². The van der Waals surface area contributed by atoms with E-state index in [1.165, 1.54) is 9.80 Å². The van der Waals surface area contributed by atoms with Gasteiger partial charge in [0.25, 0.3) is 0 Å². The van der Waals surface area contributed by atoms with Crippen molar-refractivity contribution in [1.82, 2.24) is 19.6 Å². The quantitative estimate of drug-likeness (QED) is 0.677. The Kier molecular flexibility index (Phi) is 3.71. The fraction of sp³-hybridized carbons (Fsp3) is 0.786. The lowest BCUT2D eigenvalue weighted by Crippen LogP contribution is -2.62. The first-order valence-corrected chi connectivity index (χ1v) is 7.51. The number of amidine groups is 1. The molecule has 0 aliphatic carbocycles. The van der Waals surface area contributed by atoms with Crippen LogP contribution in [0.2, 0.25) is 0 Å². The number of amides is 3. The van der Waals surface area contributed by atoms with Crippen molar-refractivity contribution in [3.63, 3.8) is 0 Å². The number of rotatable bonds is 1. The van der Waals surface area contributed by atoms with Gasteiger partial charge in [0.05, 0.1) is 6.67 Å². The van der Waals surface area contributed by atoms with Crippen LogP contribution >= 0.6 is 0 Å². The van der Waals surface area contributed by atoms with Gasteiger partial charge >= 0.3 is 6.03 Å². The normalized spacial score (nSPS) is 29.7. The molecule has 7 nitrogen and oxygen atoms in total. The van der Waals surface area contributed by atoms with Gasteiger partial charge in [-0.15, -0.1) is 0 Å². The van der Waals surface area contributed by atoms with Gasteiger partial charge in [-0.1, -0.05) is 0 Å². The van der Waals surface area contributed by atoms with Crippen LogP contribution in [0.5, 0.6) is 0 Å². The van der Waals surface area contributed by atoms with Crippen molar-refractivity contribution in [2.24, 2.45) is 10.9 Å². The fourth-order valence-corrected chi connectivity index (χ4v) is 3.45. The second-order valence-electron chi connectivity index (χ2n) is 6.25. The highest BCUT2D eigenvalue weighted by molar-refractivity contribution is 6.17. The zero-order valence-corrected chi connectivity index (χ0v) is 12.9. The van der Waals surface area contributed by atoms with E-state index in [0.717, 1.165) is 25.9 Å². The van der Waals surface area contributed by atoms with Gasteiger partial charge in [0.1, 0.15) is 11.8 Å². The molecule has 116 valence electrons. The summed E-state index contributed by atoms with van der Waals surface area (Å²) in [4.78, 5) is 36.2. The second-order valence-corrected chi connectivity index (χ2v) is 6.25. The molecule has 0 aromatic rings. The van der Waals surface area contributed by atoms with Gasteiger partial charge in [-0.25, -0.2) is 4.79 Å². The van der Waals surface area contributed by atoms with Crippen LogP contribution < -0.4 is 0 Å². The molecule has 3 aliphatic rings. The van der Waals surface area contributed by atoms with Crippen LogP contribution in [0, 0.1) is 5.92 Å². The molecule has 1 atom stereocenters. The zero-order valence-electron chi connectivity index (χ0n) is 12.9. The average Bonchev–Trinajstić information content (AvgIpc) is 2.51. The predicted molar refractivity (Wildman–Crippen MR) is 78.9 cm³/mol. The number of urea groups is 1. The summed E-state index contributed by atoms with van der Waals surface area (Å²) >= 11 is 0. The van der Waals surface area contributed by atoms with E-state index in [0.29, 0.717) is 25.1 Å². The van der Waals surface area contributed by atoms with Crippen LogP contribution in [0.1, 0.15) is 12.8 Å². The van der Waals surface area contributed by atoms with Gasteiger partial charge in [0.2, 0.25) is 5.91 Å². The molecule has 2 fully saturated rings. The SMILES string of the molecule is CN1CCC(N2CN=C3C(C2)C(=O)N(C)C(=O)N3C)CC1. The molecular weight excluding hydrogens is 270 g/mol. The monoisotopic (exact) mass is 293 g/mol. The molecule has 1 unspecified atom stereocenters. The summed E-state index contributed by atoms with van der Waals surface area (Å²) in [6.07, 6.45) is 2.24. The highest BCUT2D eigenvalue weighted by Crippen LogP contribution is 2.25. The first-order valence-electron chi connectivity index (χ1n) is 7.51. The molecule has 3 aliphatic heterocycles. The van der Waals surface area contributed by atoms with Crippen molar-refractivity contribution in [2.75, 3.05) is 47.4 Å². The zero-order chi connectivity index (χ0) is 15.1. The molecule has 0 aromatic heterocycles. The first kappa shape index (κ1) is 14.5. The van der Waals surface area contributed by atoms with Crippen molar-refractivity contribution in [3.8, 4) is 0 Å². The molecule has 21 heavy (non-hydrogen) atoms. The number of nitrogens with zero attached hydrogens (tertiary/aromatic N) is 5. The Morgan fingerprint density at radius 2 is 1.71 bits per heavy atom. The maximum absolute atomic E-state index is 12.4. The van der Waals surface area contributed by atoms with E-state index < -0.39 is 0 Å². The molecular formula is C14H23N5O2. The number of piperidine rings is 1. The van der Waals surface area contributed by atoms with Crippen LogP contribution in [0.25, 0.3) is 0 Å². The Balaban J connectivity index is 1.76. The number of carbonyl (C=O) groups is 2. The van der Waals surface area contributed by atoms with Gasteiger partial charge in [-0.2, -0.15) is 0 Å². The highest BCUT2D eigenvalue weighted by Gasteiger charge is 2.44. The smallest absolute Gasteiger partial charge is 0.306 e. The Morgan fingerprint density at radius 3 is 2.38 bits per heavy atom. The minimum Gasteiger partial charge on any atom is -0.306 e. The third kappa shape index (κ3) is 2.44. The summed E-state index contributed by atoms with van der Waals surface area (Å²) in [5.41, 5.74) is 0. The Hall–Kier alpha value is -1.47. The number of fused-ring (bicyclic) bond motifs is 1. The van der Waals surface area contributed by atoms with Crippen LogP contribution in [-0.4, -0.2) is 90.9 Å². The Bertz CT molecular complexity index is 484. The number of hydrogen-bond acceptors (Lipinski definition) is 5. The highest BCUT2D eigenvalue weighted by atomic mass is 16.2. The summed E-state index contributed by atoms with van der Waals surface area (Å²) in [5.74, 6) is 0.202. The molecule has 3 amide bonds. The molecule has 0 spiro atoms. The first-order chi connectivity index (χ1) is 9.99. The van der Waals surface area contributed by atoms with E-state index in [1.807, 2.05) is 0 Å². The molecule has 0 aromatic carbocycles. The maximum atomic E-state index is 12.4. The third-order valence-corrected chi connectivity index (χ3v) is 4.89. The van der Waals surface area contributed by atoms with E-state index in [-0.39, 0.29) is 17.9 Å². The van der Waals surface area contributed by atoms with E-state index in [2.05, 4.69) is 21.8 Å². The summed E-state index contributed by atoms with van der Waals surface area (Å²) in [5, 5.41) is 0. The largest absolute Gasteiger partial charge is 0.331 e. The number of likely N-dealkylation sites (tertiary alicyclic amines) is 1. The van der Waals surface area contributed by atoms with E-state index in [9.17, 15) is 9.59 Å². The molecule has 3 heterocycles. The lowest BCUT2D eigenvalue weighted by Gasteiger charge is -2.44. The van der Waals surface area contributed by atoms with Crippen molar-refractivity contribution >= 4 is 17.8 Å². The van der Waals surface area contributed by atoms with E-state index in [4.69, 9.17) is 0 Å². The van der Waals surface area contributed by atoms with Crippen LogP contribution in [0.3, 0.4) is 0 Å². The fourth-order valence-electron chi connectivity index (χ4n) is 3.45. The molecule has 0 radical (unpaired) electrons. The molecule has 3 rings (SSSR count). The van der Waals surface area contributed by atoms with Crippen molar-refractivity contribution < 1.29 is 9.59 Å². The lowest BCUT2D eigenvalue weighted by molar-refractivity contribution is -0.131. The average molecular weight is 293 g/mol. The molecule has 0 saturated carbocycles.